The lowest BCUT2D eigenvalue weighted by Gasteiger charge is -2.09. The van der Waals surface area contributed by atoms with Gasteiger partial charge in [-0.05, 0) is 31.5 Å². The molecule has 2 aromatic rings. The highest BCUT2D eigenvalue weighted by atomic mass is 19.3. The van der Waals surface area contributed by atoms with Gasteiger partial charge in [-0.1, -0.05) is 6.07 Å². The van der Waals surface area contributed by atoms with E-state index in [1.165, 1.54) is 18.2 Å². The normalized spacial score (nSPS) is 11.1. The highest BCUT2D eigenvalue weighted by Gasteiger charge is 2.16. The van der Waals surface area contributed by atoms with Crippen molar-refractivity contribution in [3.63, 3.8) is 0 Å². The molecule has 0 aliphatic carbocycles. The van der Waals surface area contributed by atoms with Crippen LogP contribution in [0.4, 0.5) is 8.78 Å². The molecule has 0 amide bonds. The molecular formula is C14H14F2N2O3. The van der Waals surface area contributed by atoms with Gasteiger partial charge in [0.05, 0.1) is 6.20 Å². The van der Waals surface area contributed by atoms with Crippen molar-refractivity contribution in [1.29, 1.82) is 0 Å². The van der Waals surface area contributed by atoms with Crippen LogP contribution in [0.15, 0.2) is 30.6 Å². The van der Waals surface area contributed by atoms with E-state index in [1.54, 1.807) is 17.1 Å². The minimum Gasteiger partial charge on any atom is -0.478 e. The van der Waals surface area contributed by atoms with Gasteiger partial charge in [-0.25, -0.2) is 4.79 Å². The Morgan fingerprint density at radius 2 is 2.05 bits per heavy atom. The van der Waals surface area contributed by atoms with Crippen LogP contribution in [0.5, 0.6) is 5.75 Å². The topological polar surface area (TPSA) is 64.4 Å². The van der Waals surface area contributed by atoms with Crippen molar-refractivity contribution in [3.05, 3.63) is 36.2 Å². The molecule has 2 rings (SSSR count). The summed E-state index contributed by atoms with van der Waals surface area (Å²) >= 11 is 0. The number of carboxylic acid groups (broad SMARTS) is 1. The molecule has 1 aromatic carbocycles. The van der Waals surface area contributed by atoms with Gasteiger partial charge < -0.3 is 9.84 Å². The number of aromatic carboxylic acids is 1. The van der Waals surface area contributed by atoms with E-state index in [1.807, 2.05) is 13.8 Å². The molecule has 0 fully saturated rings. The number of hydrogen-bond acceptors (Lipinski definition) is 3. The molecule has 0 saturated heterocycles. The third-order valence-corrected chi connectivity index (χ3v) is 2.89. The molecule has 0 spiro atoms. The first kappa shape index (κ1) is 15.0. The smallest absolute Gasteiger partial charge is 0.387 e. The average Bonchev–Trinajstić information content (AvgIpc) is 2.87. The number of carbonyl (C=O) groups is 1. The Morgan fingerprint density at radius 3 is 2.57 bits per heavy atom. The Balaban J connectivity index is 2.42. The summed E-state index contributed by atoms with van der Waals surface area (Å²) in [5.74, 6) is -1.69. The maximum Gasteiger partial charge on any atom is 0.387 e. The second-order valence-electron chi connectivity index (χ2n) is 4.70. The van der Waals surface area contributed by atoms with Gasteiger partial charge >= 0.3 is 12.6 Å². The van der Waals surface area contributed by atoms with Crippen molar-refractivity contribution >= 4 is 5.97 Å². The zero-order valence-electron chi connectivity index (χ0n) is 11.5. The van der Waals surface area contributed by atoms with Crippen LogP contribution in [-0.2, 0) is 0 Å². The Kier molecular flexibility index (Phi) is 4.21. The first-order valence-corrected chi connectivity index (χ1v) is 6.25. The number of alkyl halides is 2. The van der Waals surface area contributed by atoms with Crippen LogP contribution in [0.2, 0.25) is 0 Å². The second kappa shape index (κ2) is 5.90. The first-order chi connectivity index (χ1) is 9.88. The van der Waals surface area contributed by atoms with Gasteiger partial charge in [0, 0.05) is 17.8 Å². The minimum atomic E-state index is -3.09. The summed E-state index contributed by atoms with van der Waals surface area (Å²) < 4.78 is 30.8. The van der Waals surface area contributed by atoms with Crippen LogP contribution in [0.1, 0.15) is 30.2 Å². The third kappa shape index (κ3) is 3.36. The van der Waals surface area contributed by atoms with Gasteiger partial charge in [0.15, 0.2) is 0 Å². The lowest BCUT2D eigenvalue weighted by molar-refractivity contribution is -0.0502. The third-order valence-electron chi connectivity index (χ3n) is 2.89. The summed E-state index contributed by atoms with van der Waals surface area (Å²) in [6.45, 7) is 0.822. The number of benzene rings is 1. The number of aromatic nitrogens is 2. The van der Waals surface area contributed by atoms with Crippen LogP contribution < -0.4 is 4.74 Å². The van der Waals surface area contributed by atoms with E-state index < -0.39 is 12.6 Å². The van der Waals surface area contributed by atoms with E-state index in [2.05, 4.69) is 9.84 Å². The molecule has 1 N–H and O–H groups in total. The van der Waals surface area contributed by atoms with Gasteiger partial charge in [0.1, 0.15) is 11.3 Å². The van der Waals surface area contributed by atoms with Crippen LogP contribution in [0.25, 0.3) is 11.1 Å². The maximum atomic E-state index is 12.4. The van der Waals surface area contributed by atoms with Crippen LogP contribution >= 0.6 is 0 Å². The summed E-state index contributed by atoms with van der Waals surface area (Å²) in [6, 6.07) is 4.21. The summed E-state index contributed by atoms with van der Waals surface area (Å²) in [7, 11) is 0. The van der Waals surface area contributed by atoms with E-state index in [-0.39, 0.29) is 17.4 Å². The van der Waals surface area contributed by atoms with Crippen molar-refractivity contribution in [2.24, 2.45) is 0 Å². The highest BCUT2D eigenvalue weighted by molar-refractivity contribution is 5.92. The van der Waals surface area contributed by atoms with Crippen molar-refractivity contribution in [2.75, 3.05) is 0 Å². The molecule has 1 aromatic heterocycles. The van der Waals surface area contributed by atoms with E-state index in [0.29, 0.717) is 11.1 Å². The van der Waals surface area contributed by atoms with Gasteiger partial charge in [0.2, 0.25) is 0 Å². The van der Waals surface area contributed by atoms with Gasteiger partial charge in [0.25, 0.3) is 0 Å². The molecule has 0 saturated carbocycles. The zero-order valence-corrected chi connectivity index (χ0v) is 11.5. The molecule has 5 nitrogen and oxygen atoms in total. The van der Waals surface area contributed by atoms with Crippen molar-refractivity contribution in [2.45, 2.75) is 26.5 Å². The van der Waals surface area contributed by atoms with Crippen LogP contribution in [0, 0.1) is 0 Å². The zero-order chi connectivity index (χ0) is 15.6. The minimum absolute atomic E-state index is 0.161. The Morgan fingerprint density at radius 1 is 1.33 bits per heavy atom. The molecule has 0 bridgehead atoms. The SMILES string of the molecule is CC(C)n1cc(-c2ccc(C(=O)O)c(OC(F)F)c2)cn1. The predicted octanol–water partition coefficient (Wildman–Crippen LogP) is 3.43. The standard InChI is InChI=1S/C14H14F2N2O3/c1-8(2)18-7-10(6-17-18)9-3-4-11(13(19)20)12(5-9)21-14(15)16/h3-8,14H,1-2H3,(H,19,20). The Bertz CT molecular complexity index is 653. The number of carboxylic acids is 1. The lowest BCUT2D eigenvalue weighted by atomic mass is 10.1. The van der Waals surface area contributed by atoms with Gasteiger partial charge in [-0.15, -0.1) is 0 Å². The van der Waals surface area contributed by atoms with Gasteiger partial charge in [-0.2, -0.15) is 13.9 Å². The van der Waals surface area contributed by atoms with Gasteiger partial charge in [-0.3, -0.25) is 4.68 Å². The first-order valence-electron chi connectivity index (χ1n) is 6.25. The molecule has 1 heterocycles. The molecule has 0 aliphatic heterocycles. The summed E-state index contributed by atoms with van der Waals surface area (Å²) in [6.07, 6.45) is 3.34. The molecule has 0 unspecified atom stereocenters. The predicted molar refractivity (Wildman–Crippen MR) is 71.6 cm³/mol. The Labute approximate surface area is 119 Å². The fourth-order valence-electron chi connectivity index (χ4n) is 1.84. The maximum absolute atomic E-state index is 12.4. The van der Waals surface area contributed by atoms with Crippen LogP contribution in [0.3, 0.4) is 0 Å². The number of ether oxygens (including phenoxy) is 1. The lowest BCUT2D eigenvalue weighted by Crippen LogP contribution is -2.07. The monoisotopic (exact) mass is 296 g/mol. The molecule has 0 radical (unpaired) electrons. The molecular weight excluding hydrogens is 282 g/mol. The van der Waals surface area contributed by atoms with E-state index in [9.17, 15) is 13.6 Å². The number of rotatable bonds is 5. The Hall–Kier alpha value is -2.44. The summed E-state index contributed by atoms with van der Waals surface area (Å²) in [4.78, 5) is 11.0. The summed E-state index contributed by atoms with van der Waals surface area (Å²) in [5, 5.41) is 13.1. The van der Waals surface area contributed by atoms with E-state index in [4.69, 9.17) is 5.11 Å². The molecule has 21 heavy (non-hydrogen) atoms. The van der Waals surface area contributed by atoms with Crippen molar-refractivity contribution in [3.8, 4) is 16.9 Å². The number of hydrogen-bond donors (Lipinski definition) is 1. The average molecular weight is 296 g/mol. The van der Waals surface area contributed by atoms with Crippen molar-refractivity contribution in [1.82, 2.24) is 9.78 Å². The van der Waals surface area contributed by atoms with Crippen LogP contribution in [-0.4, -0.2) is 27.5 Å². The highest BCUT2D eigenvalue weighted by Crippen LogP contribution is 2.28. The quantitative estimate of drug-likeness (QED) is 0.918. The summed E-state index contributed by atoms with van der Waals surface area (Å²) in [5.41, 5.74) is 0.942. The molecule has 0 atom stereocenters. The van der Waals surface area contributed by atoms with E-state index in [0.717, 1.165) is 0 Å². The molecule has 112 valence electrons. The second-order valence-corrected chi connectivity index (χ2v) is 4.70. The number of halogens is 2. The number of nitrogens with zero attached hydrogens (tertiary/aromatic N) is 2. The van der Waals surface area contributed by atoms with Crippen molar-refractivity contribution < 1.29 is 23.4 Å². The fraction of sp³-hybridized carbons (Fsp3) is 0.286. The molecule has 0 aliphatic rings. The molecule has 7 heteroatoms. The van der Waals surface area contributed by atoms with E-state index >= 15 is 0 Å². The largest absolute Gasteiger partial charge is 0.478 e. The fourth-order valence-corrected chi connectivity index (χ4v) is 1.84.